The maximum Gasteiger partial charge on any atom is 0.423 e. The Balaban J connectivity index is 2.19. The van der Waals surface area contributed by atoms with Crippen molar-refractivity contribution in [3.8, 4) is 0 Å². The molecule has 2 atom stereocenters. The van der Waals surface area contributed by atoms with Crippen molar-refractivity contribution in [3.05, 3.63) is 62.1 Å². The van der Waals surface area contributed by atoms with Crippen LogP contribution in [0.5, 0.6) is 0 Å². The van der Waals surface area contributed by atoms with Crippen LogP contribution < -0.4 is 10.6 Å². The summed E-state index contributed by atoms with van der Waals surface area (Å²) in [6, 6.07) is 6.57. The van der Waals surface area contributed by atoms with Crippen LogP contribution in [0.15, 0.2) is 30.3 Å². The molecule has 0 aliphatic carbocycles. The maximum absolute atomic E-state index is 13.8. The summed E-state index contributed by atoms with van der Waals surface area (Å²) in [5.74, 6) is -0.490. The zero-order valence-electron chi connectivity index (χ0n) is 16.9. The molecule has 12 heteroatoms. The van der Waals surface area contributed by atoms with Crippen LogP contribution in [0.25, 0.3) is 0 Å². The Labute approximate surface area is 200 Å². The smallest absolute Gasteiger partial charge is 0.381 e. The summed E-state index contributed by atoms with van der Waals surface area (Å²) in [7, 11) is -1.26. The number of benzene rings is 2. The number of nitrogens with one attached hydrogen (secondary N) is 2. The summed E-state index contributed by atoms with van der Waals surface area (Å²) in [4.78, 5) is 11.6. The van der Waals surface area contributed by atoms with Gasteiger partial charge >= 0.3 is 6.18 Å². The maximum atomic E-state index is 13.8. The molecule has 3 N–H and O–H groups in total. The number of rotatable bonds is 8. The van der Waals surface area contributed by atoms with Gasteiger partial charge in [-0.15, -0.1) is 0 Å². The van der Waals surface area contributed by atoms with Crippen molar-refractivity contribution in [2.45, 2.75) is 25.2 Å². The lowest BCUT2D eigenvalue weighted by molar-refractivity contribution is -0.260. The Hall–Kier alpha value is -1.52. The van der Waals surface area contributed by atoms with Crippen molar-refractivity contribution in [1.82, 2.24) is 5.32 Å². The minimum Gasteiger partial charge on any atom is -0.381 e. The highest BCUT2D eigenvalue weighted by Crippen LogP contribution is 2.43. The van der Waals surface area contributed by atoms with Crippen LogP contribution in [-0.2, 0) is 27.7 Å². The summed E-state index contributed by atoms with van der Waals surface area (Å²) >= 11 is 17.5. The predicted molar refractivity (Wildman–Crippen MR) is 122 cm³/mol. The van der Waals surface area contributed by atoms with Crippen molar-refractivity contribution in [2.75, 3.05) is 23.9 Å². The van der Waals surface area contributed by atoms with Gasteiger partial charge < -0.3 is 15.7 Å². The first-order chi connectivity index (χ1) is 14.7. The van der Waals surface area contributed by atoms with Gasteiger partial charge in [0.25, 0.3) is 0 Å². The molecule has 0 heterocycles. The van der Waals surface area contributed by atoms with Crippen LogP contribution >= 0.6 is 34.8 Å². The van der Waals surface area contributed by atoms with E-state index in [4.69, 9.17) is 34.8 Å². The molecule has 176 valence electrons. The van der Waals surface area contributed by atoms with Crippen molar-refractivity contribution >= 4 is 57.2 Å². The predicted octanol–water partition coefficient (Wildman–Crippen LogP) is 4.81. The molecule has 0 radical (unpaired) electrons. The van der Waals surface area contributed by atoms with E-state index in [9.17, 15) is 27.3 Å². The first kappa shape index (κ1) is 26.7. The number of carbonyl (C=O) groups excluding carboxylic acids is 1. The Morgan fingerprint density at radius 1 is 1.12 bits per heavy atom. The first-order valence-electron chi connectivity index (χ1n) is 9.09. The number of alkyl halides is 3. The van der Waals surface area contributed by atoms with Gasteiger partial charge in [-0.25, -0.2) is 0 Å². The lowest BCUT2D eigenvalue weighted by Crippen LogP contribution is -2.47. The standard InChI is InChI=1S/C20H20Cl3F3N2O3S/c1-11-5-14(4-3-12(11)8-27-17(29)9-32(2)31)28-10-19(30,20(24,25)26)13-6-15(21)18(23)16(22)7-13/h3-7,28,30H,8-10H2,1-2H3,(H,27,29)/t19-,32-/m1/s1. The zero-order chi connectivity index (χ0) is 24.3. The van der Waals surface area contributed by atoms with Gasteiger partial charge in [0, 0.05) is 29.3 Å². The number of aliphatic hydroxyl groups is 1. The van der Waals surface area contributed by atoms with Gasteiger partial charge in [0.2, 0.25) is 11.5 Å². The van der Waals surface area contributed by atoms with E-state index in [1.165, 1.54) is 12.3 Å². The van der Waals surface area contributed by atoms with Gasteiger partial charge in [-0.3, -0.25) is 9.00 Å². The monoisotopic (exact) mass is 530 g/mol. The van der Waals surface area contributed by atoms with Gasteiger partial charge in [-0.1, -0.05) is 40.9 Å². The summed E-state index contributed by atoms with van der Waals surface area (Å²) in [6.07, 6.45) is -3.63. The van der Waals surface area contributed by atoms with Crippen LogP contribution in [-0.4, -0.2) is 40.0 Å². The van der Waals surface area contributed by atoms with E-state index in [0.717, 1.165) is 17.7 Å². The molecular formula is C20H20Cl3F3N2O3S. The Bertz CT molecular complexity index is 1010. The van der Waals surface area contributed by atoms with E-state index in [1.807, 2.05) is 0 Å². The highest BCUT2D eigenvalue weighted by Gasteiger charge is 2.55. The lowest BCUT2D eigenvalue weighted by Gasteiger charge is -2.32. The number of anilines is 1. The highest BCUT2D eigenvalue weighted by molar-refractivity contribution is 7.85. The van der Waals surface area contributed by atoms with E-state index in [2.05, 4.69) is 10.6 Å². The summed E-state index contributed by atoms with van der Waals surface area (Å²) in [5, 5.41) is 15.2. The van der Waals surface area contributed by atoms with E-state index >= 15 is 0 Å². The summed E-state index contributed by atoms with van der Waals surface area (Å²) in [5.41, 5.74) is -2.10. The van der Waals surface area contributed by atoms with Gasteiger partial charge in [-0.2, -0.15) is 13.2 Å². The van der Waals surface area contributed by atoms with Crippen LogP contribution in [0, 0.1) is 6.92 Å². The Kier molecular flexibility index (Phi) is 8.86. The van der Waals surface area contributed by atoms with Gasteiger partial charge in [0.05, 0.1) is 21.6 Å². The molecule has 2 rings (SSSR count). The lowest BCUT2D eigenvalue weighted by atomic mass is 9.92. The van der Waals surface area contributed by atoms with Crippen molar-refractivity contribution < 1.29 is 27.3 Å². The van der Waals surface area contributed by atoms with Gasteiger partial charge in [0.15, 0.2) is 0 Å². The first-order valence-corrected chi connectivity index (χ1v) is 11.9. The number of aryl methyl sites for hydroxylation is 1. The molecule has 2 aromatic carbocycles. The fourth-order valence-corrected chi connectivity index (χ4v) is 3.89. The van der Waals surface area contributed by atoms with Crippen LogP contribution in [0.4, 0.5) is 18.9 Å². The SMILES string of the molecule is Cc1cc(NC[C@@](O)(c2cc(Cl)c(Cl)c(Cl)c2)C(F)(F)F)ccc1CNC(=O)C[S@@](C)=O. The molecule has 0 unspecified atom stereocenters. The minimum atomic E-state index is -5.04. The van der Waals surface area contributed by atoms with Crippen LogP contribution in [0.1, 0.15) is 16.7 Å². The molecule has 32 heavy (non-hydrogen) atoms. The Morgan fingerprint density at radius 2 is 1.72 bits per heavy atom. The Morgan fingerprint density at radius 3 is 2.22 bits per heavy atom. The van der Waals surface area contributed by atoms with E-state index in [-0.39, 0.29) is 33.3 Å². The molecule has 0 aromatic heterocycles. The molecule has 0 bridgehead atoms. The van der Waals surface area contributed by atoms with E-state index < -0.39 is 34.7 Å². The number of hydrogen-bond acceptors (Lipinski definition) is 4. The summed E-state index contributed by atoms with van der Waals surface area (Å²) in [6.45, 7) is 0.984. The van der Waals surface area contributed by atoms with Gasteiger partial charge in [-0.05, 0) is 47.9 Å². The second-order valence-electron chi connectivity index (χ2n) is 7.10. The number of halogens is 6. The molecule has 0 saturated carbocycles. The highest BCUT2D eigenvalue weighted by atomic mass is 35.5. The average Bonchev–Trinajstić information content (AvgIpc) is 2.67. The molecule has 1 amide bonds. The molecule has 0 aliphatic rings. The molecule has 0 aliphatic heterocycles. The second-order valence-corrected chi connectivity index (χ2v) is 9.73. The zero-order valence-corrected chi connectivity index (χ0v) is 20.0. The molecule has 2 aromatic rings. The average molecular weight is 532 g/mol. The normalized spacial score (nSPS) is 14.5. The van der Waals surface area contributed by atoms with E-state index in [1.54, 1.807) is 19.1 Å². The van der Waals surface area contributed by atoms with Crippen LogP contribution in [0.3, 0.4) is 0 Å². The van der Waals surface area contributed by atoms with Crippen molar-refractivity contribution in [3.63, 3.8) is 0 Å². The van der Waals surface area contributed by atoms with E-state index in [0.29, 0.717) is 11.3 Å². The summed E-state index contributed by atoms with van der Waals surface area (Å²) < 4.78 is 52.5. The minimum absolute atomic E-state index is 0.113. The fraction of sp³-hybridized carbons (Fsp3) is 0.350. The second kappa shape index (κ2) is 10.6. The number of carbonyl (C=O) groups is 1. The van der Waals surface area contributed by atoms with Crippen molar-refractivity contribution in [2.24, 2.45) is 0 Å². The molecule has 0 spiro atoms. The topological polar surface area (TPSA) is 78.4 Å². The molecule has 0 saturated heterocycles. The van der Waals surface area contributed by atoms with Crippen LogP contribution in [0.2, 0.25) is 15.1 Å². The number of amides is 1. The largest absolute Gasteiger partial charge is 0.423 e. The van der Waals surface area contributed by atoms with Gasteiger partial charge in [0.1, 0.15) is 5.75 Å². The molecular weight excluding hydrogens is 512 g/mol. The molecule has 0 fully saturated rings. The quantitative estimate of drug-likeness (QED) is 0.427. The third kappa shape index (κ3) is 6.51. The fourth-order valence-electron chi connectivity index (χ4n) is 2.82. The number of hydrogen-bond donors (Lipinski definition) is 3. The molecule has 5 nitrogen and oxygen atoms in total. The van der Waals surface area contributed by atoms with Crippen molar-refractivity contribution in [1.29, 1.82) is 0 Å². The third-order valence-corrected chi connectivity index (χ3v) is 6.50. The third-order valence-electron chi connectivity index (χ3n) is 4.63.